The van der Waals surface area contributed by atoms with Crippen LogP contribution in [0.4, 0.5) is 8.78 Å². The summed E-state index contributed by atoms with van der Waals surface area (Å²) >= 11 is 0. The molecule has 0 aliphatic carbocycles. The molecule has 0 saturated carbocycles. The minimum absolute atomic E-state index is 0.00450. The second-order valence-electron chi connectivity index (χ2n) is 4.13. The van der Waals surface area contributed by atoms with Gasteiger partial charge < -0.3 is 9.47 Å². The molecule has 0 spiro atoms. The predicted molar refractivity (Wildman–Crippen MR) is 55.9 cm³/mol. The first-order chi connectivity index (χ1) is 7.90. The van der Waals surface area contributed by atoms with Gasteiger partial charge in [-0.3, -0.25) is 0 Å². The molecule has 0 aromatic heterocycles. The number of ether oxygens (including phenoxy) is 2. The average molecular weight is 239 g/mol. The zero-order chi connectivity index (χ0) is 12.7. The van der Waals surface area contributed by atoms with E-state index in [-0.39, 0.29) is 11.5 Å². The number of nitrogens with zero attached hydrogens (tertiary/aromatic N) is 1. The third-order valence-electron chi connectivity index (χ3n) is 2.99. The fraction of sp³-hybridized carbons (Fsp3) is 0.417. The average Bonchev–Trinajstić information content (AvgIpc) is 2.60. The van der Waals surface area contributed by atoms with Gasteiger partial charge in [-0.05, 0) is 31.0 Å². The topological polar surface area (TPSA) is 42.2 Å². The van der Waals surface area contributed by atoms with Gasteiger partial charge in [-0.1, -0.05) is 13.0 Å². The Morgan fingerprint density at radius 2 is 2.00 bits per heavy atom. The minimum Gasteiger partial charge on any atom is -0.395 e. The molecule has 0 fully saturated rings. The van der Waals surface area contributed by atoms with Crippen molar-refractivity contribution >= 4 is 0 Å². The molecule has 17 heavy (non-hydrogen) atoms. The number of rotatable bonds is 2. The molecule has 1 atom stereocenters. The van der Waals surface area contributed by atoms with Crippen molar-refractivity contribution < 1.29 is 18.3 Å². The lowest BCUT2D eigenvalue weighted by molar-refractivity contribution is -0.286. The Morgan fingerprint density at radius 3 is 2.59 bits per heavy atom. The summed E-state index contributed by atoms with van der Waals surface area (Å²) in [6.07, 6.45) is -3.03. The molecular formula is C12H11F2NO2. The SMILES string of the molecule is CCC(C)(C#N)c1ccc2c(c1)OC(F)(F)O2. The summed E-state index contributed by atoms with van der Waals surface area (Å²) in [5.41, 5.74) is -0.0708. The van der Waals surface area contributed by atoms with Crippen molar-refractivity contribution in [2.24, 2.45) is 0 Å². The Balaban J connectivity index is 2.41. The van der Waals surface area contributed by atoms with Crippen LogP contribution >= 0.6 is 0 Å². The van der Waals surface area contributed by atoms with Gasteiger partial charge in [-0.25, -0.2) is 0 Å². The third-order valence-corrected chi connectivity index (χ3v) is 2.99. The number of hydrogen-bond acceptors (Lipinski definition) is 3. The van der Waals surface area contributed by atoms with Crippen LogP contribution in [0.15, 0.2) is 18.2 Å². The maximum absolute atomic E-state index is 12.8. The lowest BCUT2D eigenvalue weighted by Crippen LogP contribution is -2.26. The molecule has 0 amide bonds. The minimum atomic E-state index is -3.61. The first-order valence-corrected chi connectivity index (χ1v) is 5.22. The highest BCUT2D eigenvalue weighted by atomic mass is 19.3. The van der Waals surface area contributed by atoms with Crippen LogP contribution in [0.3, 0.4) is 0 Å². The Kier molecular flexibility index (Phi) is 2.46. The zero-order valence-corrected chi connectivity index (χ0v) is 9.46. The molecular weight excluding hydrogens is 228 g/mol. The van der Waals surface area contributed by atoms with Gasteiger partial charge in [-0.2, -0.15) is 5.26 Å². The monoisotopic (exact) mass is 239 g/mol. The van der Waals surface area contributed by atoms with Crippen LogP contribution in [0.25, 0.3) is 0 Å². The molecule has 0 bridgehead atoms. The van der Waals surface area contributed by atoms with Gasteiger partial charge in [0.25, 0.3) is 0 Å². The standard InChI is InChI=1S/C12H11F2NO2/c1-3-11(2,7-15)8-4-5-9-10(6-8)17-12(13,14)16-9/h4-6H,3H2,1-2H3. The molecule has 2 rings (SSSR count). The molecule has 0 radical (unpaired) electrons. The second kappa shape index (κ2) is 3.59. The van der Waals surface area contributed by atoms with Crippen LogP contribution in [-0.4, -0.2) is 6.29 Å². The first kappa shape index (κ1) is 11.6. The summed E-state index contributed by atoms with van der Waals surface area (Å²) in [7, 11) is 0. The van der Waals surface area contributed by atoms with E-state index in [1.54, 1.807) is 13.0 Å². The Bertz CT molecular complexity index is 496. The van der Waals surface area contributed by atoms with E-state index in [1.807, 2.05) is 6.92 Å². The van der Waals surface area contributed by atoms with Crippen molar-refractivity contribution in [1.82, 2.24) is 0 Å². The second-order valence-corrected chi connectivity index (χ2v) is 4.13. The number of fused-ring (bicyclic) bond motifs is 1. The molecule has 1 unspecified atom stereocenters. The fourth-order valence-corrected chi connectivity index (χ4v) is 1.64. The lowest BCUT2D eigenvalue weighted by atomic mass is 9.81. The van der Waals surface area contributed by atoms with Crippen molar-refractivity contribution in [1.29, 1.82) is 5.26 Å². The van der Waals surface area contributed by atoms with Crippen molar-refractivity contribution in [2.75, 3.05) is 0 Å². The maximum Gasteiger partial charge on any atom is 0.586 e. The molecule has 1 aliphatic heterocycles. The Labute approximate surface area is 97.6 Å². The van der Waals surface area contributed by atoms with Gasteiger partial charge >= 0.3 is 6.29 Å². The van der Waals surface area contributed by atoms with Crippen LogP contribution in [0.2, 0.25) is 0 Å². The predicted octanol–water partition coefficient (Wildman–Crippen LogP) is 3.20. The summed E-state index contributed by atoms with van der Waals surface area (Å²) in [6, 6.07) is 6.61. The van der Waals surface area contributed by atoms with Crippen molar-refractivity contribution in [3.05, 3.63) is 23.8 Å². The largest absolute Gasteiger partial charge is 0.586 e. The smallest absolute Gasteiger partial charge is 0.395 e. The molecule has 90 valence electrons. The number of alkyl halides is 2. The third kappa shape index (κ3) is 1.91. The lowest BCUT2D eigenvalue weighted by Gasteiger charge is -2.19. The van der Waals surface area contributed by atoms with Gasteiger partial charge in [0.05, 0.1) is 11.5 Å². The van der Waals surface area contributed by atoms with E-state index < -0.39 is 11.7 Å². The normalized spacial score (nSPS) is 19.5. The quantitative estimate of drug-likeness (QED) is 0.795. The van der Waals surface area contributed by atoms with Gasteiger partial charge in [0.1, 0.15) is 0 Å². The number of nitriles is 1. The molecule has 1 aliphatic rings. The van der Waals surface area contributed by atoms with E-state index >= 15 is 0 Å². The molecule has 1 heterocycles. The maximum atomic E-state index is 12.8. The van der Waals surface area contributed by atoms with Crippen LogP contribution in [-0.2, 0) is 5.41 Å². The number of hydrogen-bond donors (Lipinski definition) is 0. The van der Waals surface area contributed by atoms with Gasteiger partial charge in [0, 0.05) is 0 Å². The van der Waals surface area contributed by atoms with E-state index in [4.69, 9.17) is 5.26 Å². The zero-order valence-electron chi connectivity index (χ0n) is 9.46. The highest BCUT2D eigenvalue weighted by Crippen LogP contribution is 2.43. The number of benzene rings is 1. The Hall–Kier alpha value is -1.83. The molecule has 0 saturated heterocycles. The molecule has 1 aromatic carbocycles. The van der Waals surface area contributed by atoms with Gasteiger partial charge in [-0.15, -0.1) is 8.78 Å². The molecule has 3 nitrogen and oxygen atoms in total. The summed E-state index contributed by atoms with van der Waals surface area (Å²) in [5, 5.41) is 9.12. The van der Waals surface area contributed by atoms with Crippen molar-refractivity contribution in [3.63, 3.8) is 0 Å². The summed E-state index contributed by atoms with van der Waals surface area (Å²) in [4.78, 5) is 0. The van der Waals surface area contributed by atoms with E-state index in [0.29, 0.717) is 12.0 Å². The molecule has 0 N–H and O–H groups in total. The summed E-state index contributed by atoms with van der Waals surface area (Å²) < 4.78 is 34.3. The molecule has 1 aromatic rings. The number of halogens is 2. The van der Waals surface area contributed by atoms with Crippen LogP contribution in [0.5, 0.6) is 11.5 Å². The van der Waals surface area contributed by atoms with E-state index in [2.05, 4.69) is 15.5 Å². The van der Waals surface area contributed by atoms with Gasteiger partial charge in [0.15, 0.2) is 11.5 Å². The van der Waals surface area contributed by atoms with E-state index in [0.717, 1.165) is 0 Å². The van der Waals surface area contributed by atoms with Crippen molar-refractivity contribution in [2.45, 2.75) is 32.0 Å². The summed E-state index contributed by atoms with van der Waals surface area (Å²) in [5.74, 6) is -0.0300. The summed E-state index contributed by atoms with van der Waals surface area (Å²) in [6.45, 7) is 3.62. The van der Waals surface area contributed by atoms with E-state index in [9.17, 15) is 8.78 Å². The first-order valence-electron chi connectivity index (χ1n) is 5.22. The fourth-order valence-electron chi connectivity index (χ4n) is 1.64. The van der Waals surface area contributed by atoms with Crippen LogP contribution in [0, 0.1) is 11.3 Å². The van der Waals surface area contributed by atoms with Crippen molar-refractivity contribution in [3.8, 4) is 17.6 Å². The van der Waals surface area contributed by atoms with Crippen LogP contribution in [0.1, 0.15) is 25.8 Å². The highest BCUT2D eigenvalue weighted by molar-refractivity contribution is 5.48. The van der Waals surface area contributed by atoms with E-state index in [1.165, 1.54) is 12.1 Å². The highest BCUT2D eigenvalue weighted by Gasteiger charge is 2.44. The van der Waals surface area contributed by atoms with Crippen LogP contribution < -0.4 is 9.47 Å². The van der Waals surface area contributed by atoms with Gasteiger partial charge in [0.2, 0.25) is 0 Å². The molecule has 5 heteroatoms. The Morgan fingerprint density at radius 1 is 1.35 bits per heavy atom.